The summed E-state index contributed by atoms with van der Waals surface area (Å²) in [6, 6.07) is 3.94. The van der Waals surface area contributed by atoms with Gasteiger partial charge in [0.05, 0.1) is 4.88 Å². The standard InChI is InChI=1S/C11H13N3O2S/c15-10(16)6-2-1-5-9-12-11(14-13-9)8-4-3-7-17-8/h3-4,7H,1-2,5-6H2,(H,15,16)(H,12,13,14). The van der Waals surface area contributed by atoms with Crippen molar-refractivity contribution in [2.75, 3.05) is 0 Å². The minimum atomic E-state index is -0.748. The van der Waals surface area contributed by atoms with Gasteiger partial charge in [0.2, 0.25) is 0 Å². The highest BCUT2D eigenvalue weighted by Gasteiger charge is 2.06. The van der Waals surface area contributed by atoms with Gasteiger partial charge < -0.3 is 5.11 Å². The molecule has 0 aliphatic heterocycles. The van der Waals surface area contributed by atoms with Crippen LogP contribution in [-0.4, -0.2) is 26.3 Å². The number of carboxylic acids is 1. The number of aliphatic carboxylic acids is 1. The third-order valence-corrected chi connectivity index (χ3v) is 3.19. The zero-order valence-electron chi connectivity index (χ0n) is 9.22. The highest BCUT2D eigenvalue weighted by atomic mass is 32.1. The smallest absolute Gasteiger partial charge is 0.303 e. The molecule has 17 heavy (non-hydrogen) atoms. The first-order valence-electron chi connectivity index (χ1n) is 5.42. The average Bonchev–Trinajstić information content (AvgIpc) is 2.94. The molecule has 0 radical (unpaired) electrons. The number of H-pyrrole nitrogens is 1. The summed E-state index contributed by atoms with van der Waals surface area (Å²) >= 11 is 1.60. The van der Waals surface area contributed by atoms with Crippen LogP contribution in [0.3, 0.4) is 0 Å². The van der Waals surface area contributed by atoms with Gasteiger partial charge >= 0.3 is 5.97 Å². The molecule has 0 unspecified atom stereocenters. The van der Waals surface area contributed by atoms with Crippen molar-refractivity contribution < 1.29 is 9.90 Å². The number of aromatic amines is 1. The molecule has 6 heteroatoms. The quantitative estimate of drug-likeness (QED) is 0.772. The maximum Gasteiger partial charge on any atom is 0.303 e. The van der Waals surface area contributed by atoms with Crippen molar-refractivity contribution in [2.24, 2.45) is 0 Å². The van der Waals surface area contributed by atoms with Crippen LogP contribution in [0.15, 0.2) is 17.5 Å². The Morgan fingerprint density at radius 3 is 3.06 bits per heavy atom. The van der Waals surface area contributed by atoms with Crippen molar-refractivity contribution in [3.05, 3.63) is 23.3 Å². The normalized spacial score (nSPS) is 10.6. The zero-order chi connectivity index (χ0) is 12.1. The number of rotatable bonds is 6. The van der Waals surface area contributed by atoms with E-state index < -0.39 is 5.97 Å². The van der Waals surface area contributed by atoms with Crippen LogP contribution in [0.4, 0.5) is 0 Å². The second kappa shape index (κ2) is 5.58. The van der Waals surface area contributed by atoms with Gasteiger partial charge in [-0.05, 0) is 24.3 Å². The molecule has 0 bridgehead atoms. The van der Waals surface area contributed by atoms with Gasteiger partial charge in [0.15, 0.2) is 5.82 Å². The minimum absolute atomic E-state index is 0.214. The lowest BCUT2D eigenvalue weighted by molar-refractivity contribution is -0.137. The van der Waals surface area contributed by atoms with Gasteiger partial charge in [-0.3, -0.25) is 9.89 Å². The van der Waals surface area contributed by atoms with Crippen LogP contribution in [0.1, 0.15) is 25.1 Å². The Balaban J connectivity index is 1.84. The first-order chi connectivity index (χ1) is 8.25. The molecular formula is C11H13N3O2S. The number of nitrogens with one attached hydrogen (secondary N) is 1. The predicted molar refractivity (Wildman–Crippen MR) is 64.9 cm³/mol. The van der Waals surface area contributed by atoms with Gasteiger partial charge in [-0.2, -0.15) is 5.10 Å². The molecule has 0 aliphatic carbocycles. The fraction of sp³-hybridized carbons (Fsp3) is 0.364. The molecule has 0 aliphatic rings. The summed E-state index contributed by atoms with van der Waals surface area (Å²) in [5.74, 6) is 0.786. The third kappa shape index (κ3) is 3.39. The molecule has 2 N–H and O–H groups in total. The summed E-state index contributed by atoms with van der Waals surface area (Å²) in [6.45, 7) is 0. The molecule has 0 amide bonds. The minimum Gasteiger partial charge on any atom is -0.481 e. The fourth-order valence-electron chi connectivity index (χ4n) is 1.49. The second-order valence-electron chi connectivity index (χ2n) is 3.68. The van der Waals surface area contributed by atoms with Crippen LogP contribution >= 0.6 is 11.3 Å². The number of nitrogens with zero attached hydrogens (tertiary/aromatic N) is 2. The maximum atomic E-state index is 10.3. The van der Waals surface area contributed by atoms with E-state index in [1.54, 1.807) is 11.3 Å². The van der Waals surface area contributed by atoms with Gasteiger partial charge in [-0.25, -0.2) is 4.98 Å². The van der Waals surface area contributed by atoms with Crippen molar-refractivity contribution in [3.8, 4) is 10.7 Å². The van der Waals surface area contributed by atoms with Crippen LogP contribution < -0.4 is 0 Å². The van der Waals surface area contributed by atoms with Crippen LogP contribution in [0.2, 0.25) is 0 Å². The number of hydrogen-bond acceptors (Lipinski definition) is 4. The highest BCUT2D eigenvalue weighted by Crippen LogP contribution is 2.20. The zero-order valence-corrected chi connectivity index (χ0v) is 10.0. The average molecular weight is 251 g/mol. The molecule has 90 valence electrons. The SMILES string of the molecule is O=C(O)CCCCc1nc(-c2cccs2)n[nH]1. The Labute approximate surface area is 103 Å². The molecule has 0 spiro atoms. The van der Waals surface area contributed by atoms with Gasteiger partial charge in [-0.15, -0.1) is 11.3 Å². The molecule has 0 saturated heterocycles. The van der Waals surface area contributed by atoms with Crippen molar-refractivity contribution in [1.82, 2.24) is 15.2 Å². The largest absolute Gasteiger partial charge is 0.481 e. The van der Waals surface area contributed by atoms with E-state index in [-0.39, 0.29) is 6.42 Å². The Morgan fingerprint density at radius 1 is 1.47 bits per heavy atom. The summed E-state index contributed by atoms with van der Waals surface area (Å²) in [7, 11) is 0. The van der Waals surface area contributed by atoms with Crippen LogP contribution in [-0.2, 0) is 11.2 Å². The highest BCUT2D eigenvalue weighted by molar-refractivity contribution is 7.13. The summed E-state index contributed by atoms with van der Waals surface area (Å²) in [5, 5.41) is 17.5. The Morgan fingerprint density at radius 2 is 2.35 bits per heavy atom. The molecule has 2 heterocycles. The van der Waals surface area contributed by atoms with Crippen LogP contribution in [0, 0.1) is 0 Å². The molecule has 0 fully saturated rings. The second-order valence-corrected chi connectivity index (χ2v) is 4.63. The van der Waals surface area contributed by atoms with Crippen molar-refractivity contribution in [2.45, 2.75) is 25.7 Å². The number of unbranched alkanes of at least 4 members (excludes halogenated alkanes) is 1. The first-order valence-corrected chi connectivity index (χ1v) is 6.30. The van der Waals surface area contributed by atoms with E-state index in [1.165, 1.54) is 0 Å². The number of carboxylic acid groups (broad SMARTS) is 1. The Kier molecular flexibility index (Phi) is 3.87. The Bertz CT molecular complexity index is 479. The first kappa shape index (κ1) is 11.8. The number of carbonyl (C=O) groups is 1. The van der Waals surface area contributed by atoms with Crippen molar-refractivity contribution in [3.63, 3.8) is 0 Å². The number of aromatic nitrogens is 3. The van der Waals surface area contributed by atoms with E-state index >= 15 is 0 Å². The Hall–Kier alpha value is -1.69. The van der Waals surface area contributed by atoms with E-state index in [1.807, 2.05) is 17.5 Å². The summed E-state index contributed by atoms with van der Waals surface area (Å²) < 4.78 is 0. The molecule has 0 saturated carbocycles. The molecular weight excluding hydrogens is 238 g/mol. The molecule has 5 nitrogen and oxygen atoms in total. The summed E-state index contributed by atoms with van der Waals surface area (Å²) in [4.78, 5) is 15.7. The van der Waals surface area contributed by atoms with Gasteiger partial charge in [0.1, 0.15) is 5.82 Å². The lowest BCUT2D eigenvalue weighted by atomic mass is 10.2. The van der Waals surface area contributed by atoms with E-state index in [0.717, 1.165) is 23.5 Å². The monoisotopic (exact) mass is 251 g/mol. The lowest BCUT2D eigenvalue weighted by Crippen LogP contribution is -1.95. The fourth-order valence-corrected chi connectivity index (χ4v) is 2.15. The molecule has 2 rings (SSSR count). The number of thiophene rings is 1. The van der Waals surface area contributed by atoms with Crippen LogP contribution in [0.25, 0.3) is 10.7 Å². The lowest BCUT2D eigenvalue weighted by Gasteiger charge is -1.94. The van der Waals surface area contributed by atoms with E-state index in [4.69, 9.17) is 5.11 Å². The van der Waals surface area contributed by atoms with Crippen LogP contribution in [0.5, 0.6) is 0 Å². The van der Waals surface area contributed by atoms with E-state index in [0.29, 0.717) is 12.2 Å². The molecule has 2 aromatic rings. The van der Waals surface area contributed by atoms with Crippen molar-refractivity contribution >= 4 is 17.3 Å². The molecule has 0 aromatic carbocycles. The van der Waals surface area contributed by atoms with Crippen molar-refractivity contribution in [1.29, 1.82) is 0 Å². The topological polar surface area (TPSA) is 78.9 Å². The third-order valence-electron chi connectivity index (χ3n) is 2.33. The number of aryl methyl sites for hydroxylation is 1. The summed E-state index contributed by atoms with van der Waals surface area (Å²) in [6.07, 6.45) is 2.44. The van der Waals surface area contributed by atoms with Gasteiger partial charge in [0, 0.05) is 12.8 Å². The van der Waals surface area contributed by atoms with E-state index in [2.05, 4.69) is 15.2 Å². The van der Waals surface area contributed by atoms with E-state index in [9.17, 15) is 4.79 Å². The number of hydrogen-bond donors (Lipinski definition) is 2. The van der Waals surface area contributed by atoms with Gasteiger partial charge in [-0.1, -0.05) is 6.07 Å². The predicted octanol–water partition coefficient (Wildman–Crippen LogP) is 2.33. The maximum absolute atomic E-state index is 10.3. The molecule has 2 aromatic heterocycles. The van der Waals surface area contributed by atoms with Gasteiger partial charge in [0.25, 0.3) is 0 Å². The summed E-state index contributed by atoms with van der Waals surface area (Å²) in [5.41, 5.74) is 0. The molecule has 0 atom stereocenters.